The summed E-state index contributed by atoms with van der Waals surface area (Å²) in [4.78, 5) is 4.53. The van der Waals surface area contributed by atoms with Gasteiger partial charge in [-0.3, -0.25) is 0 Å². The van der Waals surface area contributed by atoms with Crippen LogP contribution in [0.5, 0.6) is 0 Å². The summed E-state index contributed by atoms with van der Waals surface area (Å²) in [5.74, 6) is -0.162. The molecule has 6 heteroatoms. The normalized spacial score (nSPS) is 10.4. The topological polar surface area (TPSA) is 6.48 Å². The molecule has 0 unspecified atom stereocenters. The number of rotatable bonds is 16. The van der Waals surface area contributed by atoms with Crippen molar-refractivity contribution in [1.29, 1.82) is 0 Å². The second-order valence-corrected chi connectivity index (χ2v) is 51.4. The lowest BCUT2D eigenvalue weighted by atomic mass is 9.93. The maximum absolute atomic E-state index is 14.2. The Morgan fingerprint density at radius 3 is 0.807 bits per heavy atom. The molecule has 0 atom stereocenters. The molecule has 0 saturated carbocycles. The minimum atomic E-state index is -1.08. The molecule has 0 amide bonds. The molecule has 752 valence electrons. The largest absolute Gasteiger partial charge is 0.311 e. The standard InChI is InChI=1S/C19H15F.2C19H17N.3C19H16.2C10H16Si.C8H10.C2H8Si/c1-14-18(16-10-6-3-7-11-16)12-17(13-19(14)20)15-8-4-2-5-9-15;1-16-9-8-14-19(15-16)20(17-10-4-2-5-11-17)18-12-6-3-7-13-18;1-16-12-14-19(15-13-16)20(17-8-4-2-5-9-17)18-10-6-3-7-11-18;1-15-18(16-9-4-2-5-10-16)13-8-14-19(15)17-11-6-3-7-12-17;1-15-12-18(16-8-4-2-5-9-16)14-19(13-15)17-10-6-3-7-11-17;1-15-12-13-18(16-8-4-2-5-9-16)14-19(15)17-10-6-3-7-11-17;1-9-5-7-10(8-6-9)11(2,3)4;1-9-7-5-6-8-10(9)11(2,3)4;1-7-4-3-5-8(2)6-7;1-2-3/h2-13H,1H3;2*2-15H,1H3;3*2-14H,1H3;2*5-8H,1-4H3;3-6H,1-2H3;2H2,1,3H3. The highest BCUT2D eigenvalue weighted by atomic mass is 28.3. The number of aryl methyl sites for hydroxylation is 8. The van der Waals surface area contributed by atoms with E-state index >= 15 is 0 Å². The Balaban J connectivity index is 0.000000151. The Labute approximate surface area is 902 Å². The summed E-state index contributed by atoms with van der Waals surface area (Å²) < 4.78 is 14.2. The minimum Gasteiger partial charge on any atom is -0.311 e. The molecule has 21 aromatic carbocycles. The molecule has 21 rings (SSSR count). The molecule has 0 heterocycles. The van der Waals surface area contributed by atoms with E-state index < -0.39 is 16.1 Å². The van der Waals surface area contributed by atoms with Gasteiger partial charge in [-0.25, -0.2) is 4.39 Å². The van der Waals surface area contributed by atoms with Crippen LogP contribution >= 0.6 is 0 Å². The number of nitrogens with zero attached hydrogens (tertiary/aromatic N) is 2. The third kappa shape index (κ3) is 35.0. The Bertz CT molecular complexity index is 7260. The van der Waals surface area contributed by atoms with Crippen LogP contribution in [0.2, 0.25) is 45.3 Å². The first-order valence-corrected chi connectivity index (χ1v) is 60.8. The van der Waals surface area contributed by atoms with Crippen molar-refractivity contribution >= 4 is 70.9 Å². The van der Waals surface area contributed by atoms with Crippen LogP contribution in [0.3, 0.4) is 0 Å². The lowest BCUT2D eigenvalue weighted by molar-refractivity contribution is 0.619. The van der Waals surface area contributed by atoms with Gasteiger partial charge in [-0.15, -0.1) is 0 Å². The lowest BCUT2D eigenvalue weighted by Gasteiger charge is -2.25. The Morgan fingerprint density at radius 1 is 0.187 bits per heavy atom. The van der Waals surface area contributed by atoms with Crippen molar-refractivity contribution in [3.63, 3.8) is 0 Å². The smallest absolute Gasteiger partial charge is 0.127 e. The van der Waals surface area contributed by atoms with E-state index in [0.717, 1.165) is 22.3 Å². The fourth-order valence-corrected chi connectivity index (χ4v) is 20.6. The maximum Gasteiger partial charge on any atom is 0.127 e. The van der Waals surface area contributed by atoms with Gasteiger partial charge in [0, 0.05) is 44.4 Å². The van der Waals surface area contributed by atoms with E-state index in [1.54, 1.807) is 16.4 Å². The molecule has 0 bridgehead atoms. The van der Waals surface area contributed by atoms with Crippen molar-refractivity contribution in [2.24, 2.45) is 0 Å². The number of para-hydroxylation sites is 4. The van der Waals surface area contributed by atoms with Crippen LogP contribution in [0.1, 0.15) is 62.6 Å². The summed E-state index contributed by atoms with van der Waals surface area (Å²) in [7, 11) is -0.765. The van der Waals surface area contributed by atoms with Crippen LogP contribution in [0.15, 0.2) is 552 Å². The van der Waals surface area contributed by atoms with E-state index in [9.17, 15) is 4.39 Å². The van der Waals surface area contributed by atoms with Crippen molar-refractivity contribution in [2.75, 3.05) is 9.80 Å². The summed E-state index contributed by atoms with van der Waals surface area (Å²) in [5, 5.41) is 3.13. The van der Waals surface area contributed by atoms with Gasteiger partial charge in [-0.2, -0.15) is 0 Å². The van der Waals surface area contributed by atoms with Crippen LogP contribution in [-0.2, 0) is 0 Å². The summed E-state index contributed by atoms with van der Waals surface area (Å²) in [5.41, 5.74) is 39.0. The SMILES string of the molecule is CC[SiH3].Cc1c(-c2ccccc2)cccc1-c1ccccc1.Cc1c(F)cc(-c2ccccc2)cc1-c1ccccc1.Cc1cc(-c2ccccc2)cc(-c2ccccc2)c1.Cc1ccc(-c2ccccc2)cc1-c1ccccc1.Cc1ccc(N(c2ccccc2)c2ccccc2)cc1.Cc1ccc([Si](C)(C)C)cc1.Cc1cccc(C)c1.Cc1cccc(N(c2ccccc2)c2ccccc2)c1.Cc1ccccc1[Si](C)(C)C. The molecule has 0 N–H and O–H groups in total. The summed E-state index contributed by atoms with van der Waals surface area (Å²) in [6.07, 6.45) is 0. The van der Waals surface area contributed by atoms with Gasteiger partial charge in [0.25, 0.3) is 0 Å². The van der Waals surface area contributed by atoms with Gasteiger partial charge >= 0.3 is 0 Å². The number of hydrogen-bond acceptors (Lipinski definition) is 2. The van der Waals surface area contributed by atoms with E-state index in [-0.39, 0.29) is 5.82 Å². The van der Waals surface area contributed by atoms with Crippen LogP contribution < -0.4 is 20.2 Å². The molecule has 2 nitrogen and oxygen atoms in total. The quantitative estimate of drug-likeness (QED) is 0.0890. The molecule has 0 spiro atoms. The fraction of sp³-hybridized carbons (Fsp3) is 0.125. The van der Waals surface area contributed by atoms with E-state index in [0.29, 0.717) is 5.56 Å². The van der Waals surface area contributed by atoms with E-state index in [2.05, 4.69) is 579 Å². The molecule has 0 fully saturated rings. The van der Waals surface area contributed by atoms with Crippen LogP contribution in [0.25, 0.3) is 89.0 Å². The Kier molecular flexibility index (Phi) is 43.8. The van der Waals surface area contributed by atoms with Gasteiger partial charge in [-0.1, -0.05) is 545 Å². The van der Waals surface area contributed by atoms with Crippen molar-refractivity contribution in [3.05, 3.63) is 613 Å². The molecule has 0 saturated heterocycles. The average Bonchev–Trinajstić information content (AvgIpc) is 0.825. The maximum atomic E-state index is 14.2. The highest BCUT2D eigenvalue weighted by molar-refractivity contribution is 6.89. The summed E-state index contributed by atoms with van der Waals surface area (Å²) in [6.45, 7) is 37.6. The molecule has 0 aliphatic rings. The van der Waals surface area contributed by atoms with E-state index in [1.807, 2.05) is 91.9 Å². The van der Waals surface area contributed by atoms with Crippen molar-refractivity contribution < 1.29 is 4.39 Å². The van der Waals surface area contributed by atoms with E-state index in [1.165, 1.54) is 167 Å². The number of hydrogen-bond donors (Lipinski definition) is 0. The summed E-state index contributed by atoms with van der Waals surface area (Å²) >= 11 is 0. The Morgan fingerprint density at radius 2 is 0.467 bits per heavy atom. The van der Waals surface area contributed by atoms with Gasteiger partial charge in [0.05, 0.1) is 16.1 Å². The van der Waals surface area contributed by atoms with Gasteiger partial charge in [0.1, 0.15) is 5.82 Å². The number of anilines is 6. The molecule has 0 aliphatic carbocycles. The highest BCUT2D eigenvalue weighted by Crippen LogP contribution is 2.39. The zero-order valence-corrected chi connectivity index (χ0v) is 95.0. The van der Waals surface area contributed by atoms with Crippen molar-refractivity contribution in [3.8, 4) is 89.0 Å². The Hall–Kier alpha value is -16.2. The zero-order chi connectivity index (χ0) is 106. The first-order valence-electron chi connectivity index (χ1n) is 52.4. The molecule has 21 aromatic rings. The van der Waals surface area contributed by atoms with Crippen molar-refractivity contribution in [2.45, 2.75) is 121 Å². The van der Waals surface area contributed by atoms with Crippen LogP contribution in [0, 0.1) is 75.1 Å². The van der Waals surface area contributed by atoms with Gasteiger partial charge in [0.2, 0.25) is 0 Å². The third-order valence-corrected chi connectivity index (χ3v) is 29.7. The third-order valence-electron chi connectivity index (χ3n) is 25.4. The van der Waals surface area contributed by atoms with Gasteiger partial charge < -0.3 is 9.80 Å². The fourth-order valence-electron chi connectivity index (χ4n) is 17.6. The number of benzene rings is 21. The summed E-state index contributed by atoms with van der Waals surface area (Å²) in [6, 6.07) is 193. The van der Waals surface area contributed by atoms with Crippen LogP contribution in [0.4, 0.5) is 38.5 Å². The minimum absolute atomic E-state index is 0.162. The molecule has 0 aliphatic heterocycles. The zero-order valence-electron chi connectivity index (χ0n) is 91.0. The lowest BCUT2D eigenvalue weighted by Crippen LogP contribution is -2.39. The first kappa shape index (κ1) is 113. The monoisotopic (exact) mass is 2010 g/mol. The van der Waals surface area contributed by atoms with Crippen molar-refractivity contribution in [1.82, 2.24) is 0 Å². The molecular weight excluding hydrogens is 1860 g/mol. The molecule has 150 heavy (non-hydrogen) atoms. The number of halogens is 1. The van der Waals surface area contributed by atoms with E-state index in [4.69, 9.17) is 0 Å². The first-order chi connectivity index (χ1) is 72.7. The average molecular weight is 2010 g/mol. The van der Waals surface area contributed by atoms with Gasteiger partial charge in [-0.05, 0) is 283 Å². The van der Waals surface area contributed by atoms with Gasteiger partial charge in [0.15, 0.2) is 0 Å². The molecule has 0 radical (unpaired) electrons. The molecular formula is C144H147FN2Si3. The predicted molar refractivity (Wildman–Crippen MR) is 665 cm³/mol. The second kappa shape index (κ2) is 58.4. The molecule has 0 aromatic heterocycles. The highest BCUT2D eigenvalue weighted by Gasteiger charge is 2.20. The van der Waals surface area contributed by atoms with Crippen LogP contribution in [-0.4, -0.2) is 26.4 Å². The second-order valence-electron chi connectivity index (χ2n) is 39.9. The predicted octanol–water partition coefficient (Wildman–Crippen LogP) is 39.6.